The second kappa shape index (κ2) is 5.15. The fourth-order valence-corrected chi connectivity index (χ4v) is 3.52. The summed E-state index contributed by atoms with van der Waals surface area (Å²) >= 11 is 0. The maximum atomic E-state index is 6.05. The molecule has 1 aliphatic heterocycles. The van der Waals surface area contributed by atoms with Crippen LogP contribution < -0.4 is 10.6 Å². The van der Waals surface area contributed by atoms with E-state index in [4.69, 9.17) is 5.73 Å². The number of fused-ring (bicyclic) bond motifs is 1. The van der Waals surface area contributed by atoms with Gasteiger partial charge in [0, 0.05) is 30.9 Å². The lowest BCUT2D eigenvalue weighted by Crippen LogP contribution is -2.18. The van der Waals surface area contributed by atoms with Crippen molar-refractivity contribution in [2.75, 3.05) is 18.0 Å². The SMILES string of the molecule is NC1Cc2ccc(-c3ccc(N4CCCC4)nc3)cc2C1. The lowest BCUT2D eigenvalue weighted by Gasteiger charge is -2.16. The number of pyridine rings is 1. The molecule has 1 unspecified atom stereocenters. The quantitative estimate of drug-likeness (QED) is 0.919. The van der Waals surface area contributed by atoms with Gasteiger partial charge >= 0.3 is 0 Å². The van der Waals surface area contributed by atoms with E-state index < -0.39 is 0 Å². The van der Waals surface area contributed by atoms with Crippen molar-refractivity contribution in [3.63, 3.8) is 0 Å². The van der Waals surface area contributed by atoms with E-state index >= 15 is 0 Å². The minimum Gasteiger partial charge on any atom is -0.357 e. The number of nitrogens with zero attached hydrogens (tertiary/aromatic N) is 2. The van der Waals surface area contributed by atoms with Crippen LogP contribution in [0.4, 0.5) is 5.82 Å². The van der Waals surface area contributed by atoms with E-state index in [1.54, 1.807) is 0 Å². The largest absolute Gasteiger partial charge is 0.357 e. The molecule has 0 amide bonds. The first-order chi connectivity index (χ1) is 10.3. The second-order valence-corrected chi connectivity index (χ2v) is 6.25. The normalized spacial score (nSPS) is 20.8. The molecule has 0 spiro atoms. The van der Waals surface area contributed by atoms with Crippen LogP contribution in [0.3, 0.4) is 0 Å². The molecule has 3 heteroatoms. The third-order valence-electron chi connectivity index (χ3n) is 4.68. The Morgan fingerprint density at radius 3 is 2.48 bits per heavy atom. The zero-order valence-electron chi connectivity index (χ0n) is 12.3. The number of hydrogen-bond donors (Lipinski definition) is 1. The van der Waals surface area contributed by atoms with Gasteiger partial charge in [-0.1, -0.05) is 18.2 Å². The fraction of sp³-hybridized carbons (Fsp3) is 0.389. The van der Waals surface area contributed by atoms with E-state index in [1.807, 2.05) is 6.20 Å². The number of aromatic nitrogens is 1. The molecule has 2 aromatic rings. The van der Waals surface area contributed by atoms with E-state index in [9.17, 15) is 0 Å². The van der Waals surface area contributed by atoms with Crippen LogP contribution in [-0.4, -0.2) is 24.1 Å². The molecule has 0 radical (unpaired) electrons. The molecule has 1 saturated heterocycles. The monoisotopic (exact) mass is 279 g/mol. The number of anilines is 1. The van der Waals surface area contributed by atoms with Gasteiger partial charge in [-0.3, -0.25) is 0 Å². The molecule has 1 fully saturated rings. The summed E-state index contributed by atoms with van der Waals surface area (Å²) in [4.78, 5) is 7.01. The average molecular weight is 279 g/mol. The van der Waals surface area contributed by atoms with Crippen LogP contribution in [0.1, 0.15) is 24.0 Å². The molecular formula is C18H21N3. The van der Waals surface area contributed by atoms with Gasteiger partial charge in [-0.15, -0.1) is 0 Å². The van der Waals surface area contributed by atoms with E-state index in [1.165, 1.54) is 35.1 Å². The highest BCUT2D eigenvalue weighted by Crippen LogP contribution is 2.28. The number of benzene rings is 1. The summed E-state index contributed by atoms with van der Waals surface area (Å²) in [6.45, 7) is 2.28. The summed E-state index contributed by atoms with van der Waals surface area (Å²) in [5, 5.41) is 0. The molecule has 1 aliphatic carbocycles. The van der Waals surface area contributed by atoms with Gasteiger partial charge < -0.3 is 10.6 Å². The van der Waals surface area contributed by atoms with Crippen molar-refractivity contribution < 1.29 is 0 Å². The molecule has 1 aromatic carbocycles. The van der Waals surface area contributed by atoms with Crippen molar-refractivity contribution in [1.29, 1.82) is 0 Å². The highest BCUT2D eigenvalue weighted by molar-refractivity contribution is 5.66. The molecule has 2 aliphatic rings. The predicted molar refractivity (Wildman–Crippen MR) is 86.5 cm³/mol. The van der Waals surface area contributed by atoms with Gasteiger partial charge in [0.15, 0.2) is 0 Å². The van der Waals surface area contributed by atoms with E-state index in [-0.39, 0.29) is 0 Å². The summed E-state index contributed by atoms with van der Waals surface area (Å²) < 4.78 is 0. The Balaban J connectivity index is 1.60. The van der Waals surface area contributed by atoms with Crippen LogP contribution in [0.2, 0.25) is 0 Å². The molecule has 21 heavy (non-hydrogen) atoms. The second-order valence-electron chi connectivity index (χ2n) is 6.25. The lowest BCUT2D eigenvalue weighted by molar-refractivity contribution is 0.721. The van der Waals surface area contributed by atoms with Crippen LogP contribution in [-0.2, 0) is 12.8 Å². The molecule has 0 bridgehead atoms. The lowest BCUT2D eigenvalue weighted by atomic mass is 10.0. The molecule has 1 aromatic heterocycles. The van der Waals surface area contributed by atoms with Gasteiger partial charge in [0.1, 0.15) is 5.82 Å². The molecular weight excluding hydrogens is 258 g/mol. The van der Waals surface area contributed by atoms with Gasteiger partial charge in [-0.25, -0.2) is 4.98 Å². The number of nitrogens with two attached hydrogens (primary N) is 1. The Morgan fingerprint density at radius 2 is 1.71 bits per heavy atom. The Kier molecular flexibility index (Phi) is 3.15. The van der Waals surface area contributed by atoms with Gasteiger partial charge in [-0.05, 0) is 54.5 Å². The number of hydrogen-bond acceptors (Lipinski definition) is 3. The van der Waals surface area contributed by atoms with E-state index in [0.29, 0.717) is 6.04 Å². The number of rotatable bonds is 2. The van der Waals surface area contributed by atoms with Crippen molar-refractivity contribution >= 4 is 5.82 Å². The molecule has 0 saturated carbocycles. The minimum atomic E-state index is 0.297. The van der Waals surface area contributed by atoms with Crippen LogP contribution in [0.25, 0.3) is 11.1 Å². The van der Waals surface area contributed by atoms with Gasteiger partial charge in [0.05, 0.1) is 0 Å². The highest BCUT2D eigenvalue weighted by Gasteiger charge is 2.18. The first-order valence-corrected chi connectivity index (χ1v) is 7.88. The Hall–Kier alpha value is -1.87. The van der Waals surface area contributed by atoms with E-state index in [2.05, 4.69) is 40.2 Å². The summed E-state index contributed by atoms with van der Waals surface area (Å²) in [6.07, 6.45) is 6.59. The molecule has 108 valence electrons. The van der Waals surface area contributed by atoms with Gasteiger partial charge in [0.2, 0.25) is 0 Å². The van der Waals surface area contributed by atoms with Crippen LogP contribution in [0.15, 0.2) is 36.5 Å². The highest BCUT2D eigenvalue weighted by atomic mass is 15.2. The van der Waals surface area contributed by atoms with Crippen molar-refractivity contribution in [1.82, 2.24) is 4.98 Å². The van der Waals surface area contributed by atoms with Gasteiger partial charge in [0.25, 0.3) is 0 Å². The fourth-order valence-electron chi connectivity index (χ4n) is 3.52. The third-order valence-corrected chi connectivity index (χ3v) is 4.68. The van der Waals surface area contributed by atoms with Crippen LogP contribution in [0.5, 0.6) is 0 Å². The van der Waals surface area contributed by atoms with Crippen molar-refractivity contribution in [3.8, 4) is 11.1 Å². The maximum Gasteiger partial charge on any atom is 0.128 e. The predicted octanol–water partition coefficient (Wildman–Crippen LogP) is 2.77. The van der Waals surface area contributed by atoms with E-state index in [0.717, 1.165) is 31.7 Å². The van der Waals surface area contributed by atoms with Crippen molar-refractivity contribution in [3.05, 3.63) is 47.7 Å². The molecule has 3 nitrogen and oxygen atoms in total. The summed E-state index contributed by atoms with van der Waals surface area (Å²) in [5.74, 6) is 1.11. The molecule has 2 N–H and O–H groups in total. The maximum absolute atomic E-state index is 6.05. The van der Waals surface area contributed by atoms with Crippen LogP contribution >= 0.6 is 0 Å². The molecule has 2 heterocycles. The zero-order valence-corrected chi connectivity index (χ0v) is 12.3. The van der Waals surface area contributed by atoms with Crippen LogP contribution in [0, 0.1) is 0 Å². The minimum absolute atomic E-state index is 0.297. The van der Waals surface area contributed by atoms with Crippen molar-refractivity contribution in [2.45, 2.75) is 31.7 Å². The first kappa shape index (κ1) is 12.8. The first-order valence-electron chi connectivity index (χ1n) is 7.88. The standard InChI is InChI=1S/C18H21N3/c19-17-10-14-4-3-13(9-16(14)11-17)15-5-6-18(20-12-15)21-7-1-2-8-21/h3-6,9,12,17H,1-2,7-8,10-11,19H2. The molecule has 1 atom stereocenters. The van der Waals surface area contributed by atoms with Crippen molar-refractivity contribution in [2.24, 2.45) is 5.73 Å². The Labute approximate surface area is 125 Å². The summed E-state index contributed by atoms with van der Waals surface area (Å²) in [6, 6.07) is 11.4. The summed E-state index contributed by atoms with van der Waals surface area (Å²) in [7, 11) is 0. The summed E-state index contributed by atoms with van der Waals surface area (Å²) in [5.41, 5.74) is 11.3. The smallest absolute Gasteiger partial charge is 0.128 e. The third kappa shape index (κ3) is 2.42. The van der Waals surface area contributed by atoms with Gasteiger partial charge in [-0.2, -0.15) is 0 Å². The average Bonchev–Trinajstić information content (AvgIpc) is 3.15. The molecule has 4 rings (SSSR count). The Bertz CT molecular complexity index is 642. The zero-order chi connectivity index (χ0) is 14.2. The Morgan fingerprint density at radius 1 is 0.952 bits per heavy atom. The topological polar surface area (TPSA) is 42.1 Å².